The number of rotatable bonds is 2. The summed E-state index contributed by atoms with van der Waals surface area (Å²) < 4.78 is 7.96. The van der Waals surface area contributed by atoms with Gasteiger partial charge in [0.25, 0.3) is 0 Å². The highest BCUT2D eigenvalue weighted by Gasteiger charge is 2.64. The Kier molecular flexibility index (Phi) is 9.19. The molecule has 0 bridgehead atoms. The molecule has 4 nitrogen and oxygen atoms in total. The molecule has 1 saturated carbocycles. The predicted molar refractivity (Wildman–Crippen MR) is 331 cm³/mol. The smallest absolute Gasteiger partial charge is 0.328 e. The van der Waals surface area contributed by atoms with Gasteiger partial charge in [0, 0.05) is 77.1 Å². The zero-order chi connectivity index (χ0) is 53.4. The van der Waals surface area contributed by atoms with Crippen LogP contribution in [-0.2, 0) is 27.1 Å². The second kappa shape index (κ2) is 15.0. The molecule has 5 heteroatoms. The van der Waals surface area contributed by atoms with Gasteiger partial charge < -0.3 is 18.5 Å². The number of nitrogens with zero attached hydrogens (tertiary/aromatic N) is 4. The topological polar surface area (TPSA) is 18.0 Å². The van der Waals surface area contributed by atoms with E-state index in [2.05, 4.69) is 255 Å². The van der Waals surface area contributed by atoms with Crippen molar-refractivity contribution in [1.29, 1.82) is 0 Å². The fourth-order valence-electron chi connectivity index (χ4n) is 15.5. The van der Waals surface area contributed by atoms with Crippen LogP contribution in [0.2, 0.25) is 0 Å². The number of para-hydroxylation sites is 2. The van der Waals surface area contributed by atoms with E-state index in [1.165, 1.54) is 145 Å². The maximum absolute atomic E-state index is 3.06. The van der Waals surface area contributed by atoms with E-state index in [4.69, 9.17) is 0 Å². The van der Waals surface area contributed by atoms with E-state index in [9.17, 15) is 0 Å². The highest BCUT2D eigenvalue weighted by Crippen LogP contribution is 2.65. The highest BCUT2D eigenvalue weighted by atomic mass is 15.2. The van der Waals surface area contributed by atoms with Gasteiger partial charge in [0.2, 0.25) is 0 Å². The first kappa shape index (κ1) is 47.3. The van der Waals surface area contributed by atoms with E-state index in [1.807, 2.05) is 0 Å². The van der Waals surface area contributed by atoms with E-state index in [1.54, 1.807) is 5.56 Å². The van der Waals surface area contributed by atoms with Gasteiger partial charge in [-0.1, -0.05) is 170 Å². The lowest BCUT2D eigenvalue weighted by Gasteiger charge is -2.54. The molecule has 6 heterocycles. The van der Waals surface area contributed by atoms with Gasteiger partial charge in [-0.15, -0.1) is 0 Å². The van der Waals surface area contributed by atoms with Gasteiger partial charge in [0.05, 0.1) is 33.1 Å². The summed E-state index contributed by atoms with van der Waals surface area (Å²) in [6.07, 6.45) is 4.76. The molecule has 0 spiro atoms. The molecule has 1 aliphatic carbocycles. The van der Waals surface area contributed by atoms with E-state index in [0.717, 1.165) is 12.8 Å². The molecule has 0 amide bonds. The second-order valence-electron chi connectivity index (χ2n) is 28.6. The third kappa shape index (κ3) is 6.12. The quantitative estimate of drug-likeness (QED) is 0.158. The van der Waals surface area contributed by atoms with Crippen molar-refractivity contribution in [3.8, 4) is 28.2 Å². The Morgan fingerprint density at radius 2 is 0.974 bits per heavy atom. The molecule has 3 aliphatic heterocycles. The van der Waals surface area contributed by atoms with Crippen LogP contribution in [0.4, 0.5) is 5.69 Å². The standard InChI is InChI=1S/C72H73BN4/c1-67(2,3)42-26-29-47(30-27-42)74-58-31-28-43(68(4,5)6)34-49(58)50-40-60-51(41-59(50)74)53-36-44(69(7,8)9)37-56-64(53)76(60)61-38-45(70(10,11)12)35-52-55-39-54-48-24-18-19-25-57(48)75(46-22-16-15-17-23-46)65(54)62-66(55)77(73(56)63(52)61)72(14)33-21-20-32-71(62,72)13/h15-19,22-31,34-41H,20-21,32-33H2,1-14H3. The van der Waals surface area contributed by atoms with Gasteiger partial charge in [-0.2, -0.15) is 0 Å². The van der Waals surface area contributed by atoms with Crippen molar-refractivity contribution in [3.63, 3.8) is 0 Å². The molecule has 1 fully saturated rings. The Morgan fingerprint density at radius 3 is 1.68 bits per heavy atom. The Morgan fingerprint density at radius 1 is 0.416 bits per heavy atom. The SMILES string of the molecule is CC(C)(C)c1ccc(-n2c3ccc(C(C)(C)C)cc3c3cc4c(cc32)c2cc(C(C)(C)C)cc3c2n4-c2cc(C(C)(C)C)cc4c2B3N2c3c-4cc4c5ccccc5n(-c5ccccc5)c4c3C3(C)CCCCC23C)cc1. The summed E-state index contributed by atoms with van der Waals surface area (Å²) in [5, 5.41) is 7.98. The summed E-state index contributed by atoms with van der Waals surface area (Å²) in [6, 6.07) is 55.5. The molecular formula is C72H73BN4. The van der Waals surface area contributed by atoms with Crippen LogP contribution in [0.25, 0.3) is 93.6 Å². The van der Waals surface area contributed by atoms with Crippen molar-refractivity contribution < 1.29 is 0 Å². The van der Waals surface area contributed by atoms with Gasteiger partial charge in [-0.05, 0) is 153 Å². The molecule has 0 N–H and O–H groups in total. The van der Waals surface area contributed by atoms with Crippen molar-refractivity contribution in [1.82, 2.24) is 13.7 Å². The van der Waals surface area contributed by atoms with Crippen LogP contribution in [0, 0.1) is 0 Å². The third-order valence-electron chi connectivity index (χ3n) is 19.9. The van der Waals surface area contributed by atoms with Gasteiger partial charge in [-0.3, -0.25) is 0 Å². The molecule has 0 radical (unpaired) electrons. The molecule has 2 unspecified atom stereocenters. The molecule has 2 atom stereocenters. The van der Waals surface area contributed by atoms with E-state index < -0.39 is 0 Å². The fourth-order valence-corrected chi connectivity index (χ4v) is 15.5. The molecule has 0 saturated heterocycles. The van der Waals surface area contributed by atoms with E-state index in [-0.39, 0.29) is 39.5 Å². The average molecular weight is 1010 g/mol. The molecule has 77 heavy (non-hydrogen) atoms. The van der Waals surface area contributed by atoms with Crippen molar-refractivity contribution in [2.45, 2.75) is 155 Å². The van der Waals surface area contributed by atoms with Crippen LogP contribution in [0.1, 0.15) is 150 Å². The third-order valence-corrected chi connectivity index (χ3v) is 19.9. The van der Waals surface area contributed by atoms with Gasteiger partial charge in [-0.25, -0.2) is 0 Å². The van der Waals surface area contributed by atoms with Crippen LogP contribution in [0.3, 0.4) is 0 Å². The minimum Gasteiger partial charge on any atom is -0.400 e. The lowest BCUT2D eigenvalue weighted by Crippen LogP contribution is -2.70. The van der Waals surface area contributed by atoms with Crippen LogP contribution >= 0.6 is 0 Å². The first-order valence-corrected chi connectivity index (χ1v) is 28.8. The van der Waals surface area contributed by atoms with Gasteiger partial charge in [0.15, 0.2) is 0 Å². The summed E-state index contributed by atoms with van der Waals surface area (Å²) in [5.74, 6) is 0. The monoisotopic (exact) mass is 1000 g/mol. The second-order valence-corrected chi connectivity index (χ2v) is 28.6. The summed E-state index contributed by atoms with van der Waals surface area (Å²) >= 11 is 0. The highest BCUT2D eigenvalue weighted by molar-refractivity contribution is 6.93. The minimum absolute atomic E-state index is 0.00462. The number of hydrogen-bond acceptors (Lipinski definition) is 1. The molecular weight excluding hydrogens is 932 g/mol. The number of anilines is 1. The number of hydrogen-bond donors (Lipinski definition) is 0. The fraction of sp³-hybridized carbons (Fsp3) is 0.333. The Balaban J connectivity index is 1.13. The van der Waals surface area contributed by atoms with Crippen molar-refractivity contribution in [3.05, 3.63) is 167 Å². The summed E-state index contributed by atoms with van der Waals surface area (Å²) in [6.45, 7) is 33.9. The lowest BCUT2D eigenvalue weighted by molar-refractivity contribution is 0.200. The maximum Gasteiger partial charge on any atom is 0.328 e. The van der Waals surface area contributed by atoms with Crippen LogP contribution in [0.15, 0.2) is 140 Å². The number of fused-ring (bicyclic) bond motifs is 17. The predicted octanol–water partition coefficient (Wildman–Crippen LogP) is 17.7. The normalized spacial score (nSPS) is 19.1. The summed E-state index contributed by atoms with van der Waals surface area (Å²) in [4.78, 5) is 3.06. The molecule has 3 aromatic heterocycles. The van der Waals surface area contributed by atoms with Crippen molar-refractivity contribution >= 4 is 88.9 Å². The molecule has 384 valence electrons. The van der Waals surface area contributed by atoms with Crippen LogP contribution < -0.4 is 15.7 Å². The first-order chi connectivity index (χ1) is 36.5. The lowest BCUT2D eigenvalue weighted by atomic mass is 9.42. The van der Waals surface area contributed by atoms with Crippen molar-refractivity contribution in [2.75, 3.05) is 4.81 Å². The average Bonchev–Trinajstić information content (AvgIpc) is 2.64. The van der Waals surface area contributed by atoms with E-state index >= 15 is 0 Å². The molecule has 11 aromatic rings. The number of benzene rings is 8. The summed E-state index contributed by atoms with van der Waals surface area (Å²) in [7, 11) is 0. The van der Waals surface area contributed by atoms with Gasteiger partial charge >= 0.3 is 6.85 Å². The first-order valence-electron chi connectivity index (χ1n) is 28.8. The zero-order valence-corrected chi connectivity index (χ0v) is 48.0. The largest absolute Gasteiger partial charge is 0.400 e. The van der Waals surface area contributed by atoms with Gasteiger partial charge in [0.1, 0.15) is 0 Å². The summed E-state index contributed by atoms with van der Waals surface area (Å²) in [5.41, 5.74) is 25.4. The van der Waals surface area contributed by atoms with E-state index in [0.29, 0.717) is 0 Å². The van der Waals surface area contributed by atoms with Crippen LogP contribution in [-0.4, -0.2) is 26.1 Å². The number of aromatic nitrogens is 3. The Labute approximate surface area is 455 Å². The van der Waals surface area contributed by atoms with Crippen LogP contribution in [0.5, 0.6) is 0 Å². The Bertz CT molecular complexity index is 4400. The molecule has 8 aromatic carbocycles. The van der Waals surface area contributed by atoms with Crippen molar-refractivity contribution in [2.24, 2.45) is 0 Å². The zero-order valence-electron chi connectivity index (χ0n) is 48.0. The molecule has 4 aliphatic rings. The minimum atomic E-state index is -0.159. The maximum atomic E-state index is 3.06. The molecule has 15 rings (SSSR count). The Hall–Kier alpha value is -6.98.